The maximum atomic E-state index is 5.87. The zero-order valence-electron chi connectivity index (χ0n) is 7.22. The summed E-state index contributed by atoms with van der Waals surface area (Å²) in [6.45, 7) is 4.22. The number of rotatable bonds is 2. The fraction of sp³-hybridized carbons (Fsp3) is 0.400. The average Bonchev–Trinajstić information content (AvgIpc) is 1.99. The van der Waals surface area contributed by atoms with Crippen LogP contribution in [0.4, 0.5) is 0 Å². The van der Waals surface area contributed by atoms with Crippen LogP contribution in [0.15, 0.2) is 18.2 Å². The van der Waals surface area contributed by atoms with Crippen molar-refractivity contribution >= 4 is 13.3 Å². The van der Waals surface area contributed by atoms with E-state index in [-0.39, 0.29) is 0 Å². The second-order valence-electron chi connectivity index (χ2n) is 2.90. The minimum Gasteiger partial charge on any atom is -0.0907 e. The van der Waals surface area contributed by atoms with Crippen LogP contribution in [-0.4, -0.2) is 7.85 Å². The molecule has 1 heteroatoms. The molecule has 0 amide bonds. The van der Waals surface area contributed by atoms with Crippen LogP contribution < -0.4 is 5.46 Å². The normalized spacial score (nSPS) is 10.0. The van der Waals surface area contributed by atoms with E-state index in [9.17, 15) is 0 Å². The van der Waals surface area contributed by atoms with Gasteiger partial charge < -0.3 is 0 Å². The predicted molar refractivity (Wildman–Crippen MR) is 50.6 cm³/mol. The summed E-state index contributed by atoms with van der Waals surface area (Å²) in [6.07, 6.45) is 2.25. The highest BCUT2D eigenvalue weighted by molar-refractivity contribution is 6.34. The Kier molecular flexibility index (Phi) is 2.75. The number of benzene rings is 1. The lowest BCUT2D eigenvalue weighted by atomic mass is 9.85. The predicted octanol–water partition coefficient (Wildman–Crippen LogP) is 1.74. The van der Waals surface area contributed by atoms with Crippen LogP contribution >= 0.6 is 0 Å². The lowest BCUT2D eigenvalue weighted by Crippen LogP contribution is -2.13. The van der Waals surface area contributed by atoms with E-state index >= 15 is 0 Å². The van der Waals surface area contributed by atoms with E-state index in [4.69, 9.17) is 7.85 Å². The van der Waals surface area contributed by atoms with Crippen LogP contribution in [-0.2, 0) is 6.42 Å². The molecule has 0 aliphatic rings. The smallest absolute Gasteiger partial charge is 0.0907 e. The third kappa shape index (κ3) is 1.86. The number of hydrogen-bond acceptors (Lipinski definition) is 0. The molecule has 0 aliphatic carbocycles. The minimum absolute atomic E-state index is 0.967. The van der Waals surface area contributed by atoms with Gasteiger partial charge in [0, 0.05) is 0 Å². The van der Waals surface area contributed by atoms with E-state index in [1.54, 1.807) is 0 Å². The van der Waals surface area contributed by atoms with Crippen LogP contribution in [0, 0.1) is 6.92 Å². The van der Waals surface area contributed by atoms with E-state index < -0.39 is 0 Å². The zero-order chi connectivity index (χ0) is 8.27. The van der Waals surface area contributed by atoms with Crippen molar-refractivity contribution in [3.05, 3.63) is 29.3 Å². The highest BCUT2D eigenvalue weighted by Gasteiger charge is 1.97. The zero-order valence-corrected chi connectivity index (χ0v) is 7.22. The Morgan fingerprint density at radius 1 is 1.36 bits per heavy atom. The summed E-state index contributed by atoms with van der Waals surface area (Å²) in [7, 11) is 5.87. The van der Waals surface area contributed by atoms with Gasteiger partial charge in [-0.05, 0) is 13.3 Å². The minimum atomic E-state index is 0.967. The largest absolute Gasteiger partial charge is 0.114 e. The van der Waals surface area contributed by atoms with Crippen molar-refractivity contribution in [2.75, 3.05) is 0 Å². The molecule has 0 aromatic heterocycles. The van der Waals surface area contributed by atoms with Crippen LogP contribution in [0.1, 0.15) is 24.5 Å². The van der Waals surface area contributed by atoms with Gasteiger partial charge in [0.15, 0.2) is 0 Å². The quantitative estimate of drug-likeness (QED) is 0.554. The van der Waals surface area contributed by atoms with Gasteiger partial charge in [-0.15, -0.1) is 0 Å². The summed E-state index contributed by atoms with van der Waals surface area (Å²) in [5.41, 5.74) is 3.44. The highest BCUT2D eigenvalue weighted by atomic mass is 14.0. The molecular formula is C10H13B. The van der Waals surface area contributed by atoms with E-state index in [2.05, 4.69) is 32.0 Å². The first-order valence-corrected chi connectivity index (χ1v) is 4.09. The summed E-state index contributed by atoms with van der Waals surface area (Å²) >= 11 is 0. The molecule has 2 radical (unpaired) electrons. The van der Waals surface area contributed by atoms with Crippen molar-refractivity contribution in [2.45, 2.75) is 26.7 Å². The van der Waals surface area contributed by atoms with Crippen molar-refractivity contribution < 1.29 is 0 Å². The van der Waals surface area contributed by atoms with Crippen molar-refractivity contribution in [3.63, 3.8) is 0 Å². The molecule has 0 bridgehead atoms. The Hall–Kier alpha value is -0.715. The highest BCUT2D eigenvalue weighted by Crippen LogP contribution is 2.02. The van der Waals surface area contributed by atoms with Crippen molar-refractivity contribution in [1.29, 1.82) is 0 Å². The lowest BCUT2D eigenvalue weighted by molar-refractivity contribution is 0.926. The fourth-order valence-electron chi connectivity index (χ4n) is 1.23. The van der Waals surface area contributed by atoms with Crippen LogP contribution in [0.2, 0.25) is 0 Å². The van der Waals surface area contributed by atoms with Gasteiger partial charge in [0.05, 0.1) is 0 Å². The molecule has 0 nitrogen and oxygen atoms in total. The molecular weight excluding hydrogens is 131 g/mol. The molecule has 1 aromatic rings. The van der Waals surface area contributed by atoms with E-state index in [1.165, 1.54) is 11.1 Å². The van der Waals surface area contributed by atoms with Crippen LogP contribution in [0.5, 0.6) is 0 Å². The van der Waals surface area contributed by atoms with Gasteiger partial charge in [0.25, 0.3) is 0 Å². The Balaban J connectivity index is 2.96. The summed E-state index contributed by atoms with van der Waals surface area (Å²) in [4.78, 5) is 0. The van der Waals surface area contributed by atoms with Crippen molar-refractivity contribution in [2.24, 2.45) is 0 Å². The Labute approximate surface area is 70.0 Å². The second kappa shape index (κ2) is 3.61. The monoisotopic (exact) mass is 144 g/mol. The van der Waals surface area contributed by atoms with Gasteiger partial charge in [-0.3, -0.25) is 0 Å². The first-order valence-electron chi connectivity index (χ1n) is 4.09. The summed E-state index contributed by atoms with van der Waals surface area (Å²) in [6, 6.07) is 6.22. The molecule has 0 spiro atoms. The fourth-order valence-corrected chi connectivity index (χ4v) is 1.23. The number of hydrogen-bond donors (Lipinski definition) is 0. The van der Waals surface area contributed by atoms with Crippen molar-refractivity contribution in [3.8, 4) is 0 Å². The molecule has 0 fully saturated rings. The molecule has 0 saturated heterocycles. The number of aryl methyl sites for hydroxylation is 2. The summed E-state index contributed by atoms with van der Waals surface area (Å²) in [5.74, 6) is 0. The lowest BCUT2D eigenvalue weighted by Gasteiger charge is -2.06. The van der Waals surface area contributed by atoms with Gasteiger partial charge in [-0.25, -0.2) is 0 Å². The Morgan fingerprint density at radius 3 is 2.73 bits per heavy atom. The van der Waals surface area contributed by atoms with Crippen LogP contribution in [0.3, 0.4) is 0 Å². The standard InChI is InChI=1S/C10H13B/c1-3-5-9-7-4-6-8(2)10(9)11/h4,6-7H,3,5H2,1-2H3. The molecule has 0 saturated carbocycles. The van der Waals surface area contributed by atoms with Gasteiger partial charge in [0.1, 0.15) is 7.85 Å². The van der Waals surface area contributed by atoms with Gasteiger partial charge in [-0.1, -0.05) is 48.1 Å². The Bertz CT molecular complexity index is 241. The molecule has 0 heterocycles. The molecule has 0 atom stereocenters. The van der Waals surface area contributed by atoms with Gasteiger partial charge in [-0.2, -0.15) is 0 Å². The Morgan fingerprint density at radius 2 is 2.09 bits per heavy atom. The first kappa shape index (κ1) is 8.38. The average molecular weight is 144 g/mol. The molecule has 1 aromatic carbocycles. The molecule has 0 unspecified atom stereocenters. The molecule has 56 valence electrons. The van der Waals surface area contributed by atoms with Crippen LogP contribution in [0.25, 0.3) is 0 Å². The van der Waals surface area contributed by atoms with E-state index in [0.29, 0.717) is 0 Å². The SMILES string of the molecule is [B]c1c(C)cccc1CCC. The van der Waals surface area contributed by atoms with Gasteiger partial charge in [0.2, 0.25) is 0 Å². The summed E-state index contributed by atoms with van der Waals surface area (Å²) < 4.78 is 0. The molecule has 1 rings (SSSR count). The molecule has 11 heavy (non-hydrogen) atoms. The first-order chi connectivity index (χ1) is 5.25. The summed E-state index contributed by atoms with van der Waals surface area (Å²) in [5, 5.41) is 0. The molecule has 0 N–H and O–H groups in total. The molecule has 0 aliphatic heterocycles. The van der Waals surface area contributed by atoms with E-state index in [1.807, 2.05) is 0 Å². The third-order valence-electron chi connectivity index (χ3n) is 1.93. The van der Waals surface area contributed by atoms with E-state index in [0.717, 1.165) is 18.3 Å². The van der Waals surface area contributed by atoms with Crippen molar-refractivity contribution in [1.82, 2.24) is 0 Å². The van der Waals surface area contributed by atoms with Gasteiger partial charge >= 0.3 is 0 Å². The maximum Gasteiger partial charge on any atom is 0.114 e. The topological polar surface area (TPSA) is 0 Å². The maximum absolute atomic E-state index is 5.87. The third-order valence-corrected chi connectivity index (χ3v) is 1.93. The second-order valence-corrected chi connectivity index (χ2v) is 2.90.